The van der Waals surface area contributed by atoms with E-state index in [1.807, 2.05) is 12.1 Å². The Bertz CT molecular complexity index is 822. The van der Waals surface area contributed by atoms with Crippen LogP contribution in [0.5, 0.6) is 0 Å². The minimum absolute atomic E-state index is 0.00669. The van der Waals surface area contributed by atoms with Gasteiger partial charge in [-0.3, -0.25) is 4.31 Å². The van der Waals surface area contributed by atoms with Gasteiger partial charge in [0.25, 0.3) is 10.0 Å². The van der Waals surface area contributed by atoms with Crippen LogP contribution in [0.4, 0.5) is 11.4 Å². The molecule has 0 aromatic heterocycles. The van der Waals surface area contributed by atoms with Gasteiger partial charge in [-0.2, -0.15) is 0 Å². The number of nitrogen functional groups attached to an aromatic ring is 1. The van der Waals surface area contributed by atoms with Gasteiger partial charge in [-0.15, -0.1) is 0 Å². The van der Waals surface area contributed by atoms with Gasteiger partial charge in [-0.25, -0.2) is 8.42 Å². The number of nitrogens with zero attached hydrogens (tertiary/aromatic N) is 1. The third-order valence-electron chi connectivity index (χ3n) is 3.47. The molecule has 0 spiro atoms. The summed E-state index contributed by atoms with van der Waals surface area (Å²) in [7, 11) is -3.79. The third-order valence-corrected chi connectivity index (χ3v) is 6.24. The molecule has 1 aliphatic heterocycles. The Labute approximate surface area is 133 Å². The topological polar surface area (TPSA) is 63.4 Å². The van der Waals surface area contributed by atoms with Crippen molar-refractivity contribution in [3.63, 3.8) is 0 Å². The summed E-state index contributed by atoms with van der Waals surface area (Å²) in [5.41, 5.74) is 7.83. The summed E-state index contributed by atoms with van der Waals surface area (Å²) in [5.74, 6) is 0. The molecule has 4 nitrogen and oxygen atoms in total. The Morgan fingerprint density at radius 1 is 1.10 bits per heavy atom. The second-order valence-electron chi connectivity index (χ2n) is 4.73. The summed E-state index contributed by atoms with van der Waals surface area (Å²) in [6.45, 7) is 0.342. The molecule has 2 N–H and O–H groups in total. The van der Waals surface area contributed by atoms with Gasteiger partial charge in [0.05, 0.1) is 21.4 Å². The van der Waals surface area contributed by atoms with E-state index in [4.69, 9.17) is 28.9 Å². The van der Waals surface area contributed by atoms with Crippen LogP contribution >= 0.6 is 23.2 Å². The summed E-state index contributed by atoms with van der Waals surface area (Å²) in [6.07, 6.45) is 0.623. The van der Waals surface area contributed by atoms with E-state index in [0.29, 0.717) is 24.3 Å². The number of fused-ring (bicyclic) bond motifs is 1. The molecule has 0 bridgehead atoms. The molecule has 0 saturated carbocycles. The van der Waals surface area contributed by atoms with Crippen molar-refractivity contribution in [2.24, 2.45) is 0 Å². The first kappa shape index (κ1) is 14.5. The van der Waals surface area contributed by atoms with Crippen molar-refractivity contribution in [2.75, 3.05) is 16.6 Å². The van der Waals surface area contributed by atoms with Gasteiger partial charge in [0.15, 0.2) is 0 Å². The zero-order valence-corrected chi connectivity index (χ0v) is 13.2. The number of hydrogen-bond donors (Lipinski definition) is 1. The molecule has 21 heavy (non-hydrogen) atoms. The molecule has 2 aromatic rings. The monoisotopic (exact) mass is 342 g/mol. The van der Waals surface area contributed by atoms with E-state index in [0.717, 1.165) is 5.56 Å². The summed E-state index contributed by atoms with van der Waals surface area (Å²) in [6, 6.07) is 9.94. The standard InChI is InChI=1S/C14H12Cl2N2O2S/c15-10-4-2-6-12(13(10)16)21(19,20)18-8-7-9-3-1-5-11(17)14(9)18/h1-6H,7-8,17H2. The number of benzene rings is 2. The van der Waals surface area contributed by atoms with E-state index in [9.17, 15) is 8.42 Å². The van der Waals surface area contributed by atoms with Crippen molar-refractivity contribution in [1.29, 1.82) is 0 Å². The highest BCUT2D eigenvalue weighted by molar-refractivity contribution is 7.93. The first-order valence-corrected chi connectivity index (χ1v) is 8.46. The highest BCUT2D eigenvalue weighted by Crippen LogP contribution is 2.39. The van der Waals surface area contributed by atoms with Crippen LogP contribution < -0.4 is 10.0 Å². The zero-order chi connectivity index (χ0) is 15.2. The Balaban J connectivity index is 2.16. The third kappa shape index (κ3) is 2.25. The SMILES string of the molecule is Nc1cccc2c1N(S(=O)(=O)c1cccc(Cl)c1Cl)CC2. The number of halogens is 2. The fourth-order valence-electron chi connectivity index (χ4n) is 2.49. The lowest BCUT2D eigenvalue weighted by molar-refractivity contribution is 0.592. The van der Waals surface area contributed by atoms with Gasteiger partial charge >= 0.3 is 0 Å². The average molecular weight is 343 g/mol. The lowest BCUT2D eigenvalue weighted by Crippen LogP contribution is -2.30. The molecular weight excluding hydrogens is 331 g/mol. The van der Waals surface area contributed by atoms with Crippen LogP contribution in [0.15, 0.2) is 41.3 Å². The largest absolute Gasteiger partial charge is 0.397 e. The van der Waals surface area contributed by atoms with Crippen molar-refractivity contribution < 1.29 is 8.42 Å². The Hall–Kier alpha value is -1.43. The quantitative estimate of drug-likeness (QED) is 0.851. The van der Waals surface area contributed by atoms with Crippen LogP contribution in [0, 0.1) is 0 Å². The van der Waals surface area contributed by atoms with Crippen molar-refractivity contribution in [3.8, 4) is 0 Å². The van der Waals surface area contributed by atoms with E-state index in [1.54, 1.807) is 18.2 Å². The molecular formula is C14H12Cl2N2O2S. The smallest absolute Gasteiger partial charge is 0.265 e. The highest BCUT2D eigenvalue weighted by atomic mass is 35.5. The van der Waals surface area contributed by atoms with Gasteiger partial charge in [-0.05, 0) is 30.2 Å². The number of sulfonamides is 1. The molecule has 1 aliphatic rings. The van der Waals surface area contributed by atoms with Crippen molar-refractivity contribution >= 4 is 44.6 Å². The van der Waals surface area contributed by atoms with Crippen LogP contribution in [0.1, 0.15) is 5.56 Å². The van der Waals surface area contributed by atoms with Crippen molar-refractivity contribution in [2.45, 2.75) is 11.3 Å². The molecule has 0 aliphatic carbocycles. The predicted octanol–water partition coefficient (Wildman–Crippen LogP) is 3.33. The molecule has 3 rings (SSSR count). The summed E-state index contributed by atoms with van der Waals surface area (Å²) in [4.78, 5) is -0.00669. The second kappa shape index (κ2) is 5.09. The van der Waals surface area contributed by atoms with E-state index in [-0.39, 0.29) is 14.9 Å². The van der Waals surface area contributed by atoms with Crippen LogP contribution in [0.25, 0.3) is 0 Å². The van der Waals surface area contributed by atoms with E-state index >= 15 is 0 Å². The Morgan fingerprint density at radius 2 is 1.81 bits per heavy atom. The normalized spacial score (nSPS) is 14.3. The molecule has 0 amide bonds. The van der Waals surface area contributed by atoms with E-state index in [1.165, 1.54) is 10.4 Å². The van der Waals surface area contributed by atoms with Crippen LogP contribution in [0.2, 0.25) is 10.0 Å². The molecule has 2 aromatic carbocycles. The fourth-order valence-corrected chi connectivity index (χ4v) is 4.76. The maximum Gasteiger partial charge on any atom is 0.265 e. The van der Waals surface area contributed by atoms with Crippen LogP contribution in [0.3, 0.4) is 0 Å². The van der Waals surface area contributed by atoms with Gasteiger partial charge < -0.3 is 5.73 Å². The zero-order valence-electron chi connectivity index (χ0n) is 10.9. The molecule has 1 heterocycles. The molecule has 0 unspecified atom stereocenters. The van der Waals surface area contributed by atoms with Gasteiger partial charge in [0, 0.05) is 6.54 Å². The summed E-state index contributed by atoms with van der Waals surface area (Å²) < 4.78 is 27.0. The lowest BCUT2D eigenvalue weighted by atomic mass is 10.1. The second-order valence-corrected chi connectivity index (χ2v) is 7.35. The summed E-state index contributed by atoms with van der Waals surface area (Å²) in [5, 5.41) is 0.236. The van der Waals surface area contributed by atoms with Crippen molar-refractivity contribution in [1.82, 2.24) is 0 Å². The van der Waals surface area contributed by atoms with Crippen molar-refractivity contribution in [3.05, 3.63) is 52.0 Å². The van der Waals surface area contributed by atoms with Crippen LogP contribution in [-0.2, 0) is 16.4 Å². The molecule has 7 heteroatoms. The van der Waals surface area contributed by atoms with Gasteiger partial charge in [-0.1, -0.05) is 41.4 Å². The average Bonchev–Trinajstić information content (AvgIpc) is 2.88. The maximum absolute atomic E-state index is 12.8. The lowest BCUT2D eigenvalue weighted by Gasteiger charge is -2.21. The minimum atomic E-state index is -3.79. The number of nitrogens with two attached hydrogens (primary N) is 1. The van der Waals surface area contributed by atoms with Crippen LogP contribution in [-0.4, -0.2) is 15.0 Å². The molecule has 0 saturated heterocycles. The minimum Gasteiger partial charge on any atom is -0.397 e. The first-order valence-electron chi connectivity index (χ1n) is 6.27. The number of anilines is 2. The first-order chi connectivity index (χ1) is 9.93. The molecule has 0 atom stereocenters. The fraction of sp³-hybridized carbons (Fsp3) is 0.143. The van der Waals surface area contributed by atoms with E-state index < -0.39 is 10.0 Å². The molecule has 0 fully saturated rings. The number of rotatable bonds is 2. The Morgan fingerprint density at radius 3 is 2.57 bits per heavy atom. The predicted molar refractivity (Wildman–Crippen MR) is 85.6 cm³/mol. The van der Waals surface area contributed by atoms with Gasteiger partial charge in [0.1, 0.15) is 4.90 Å². The van der Waals surface area contributed by atoms with E-state index in [2.05, 4.69) is 0 Å². The maximum atomic E-state index is 12.8. The van der Waals surface area contributed by atoms with Gasteiger partial charge in [0.2, 0.25) is 0 Å². The Kier molecular flexibility index (Phi) is 3.51. The molecule has 110 valence electrons. The summed E-state index contributed by atoms with van der Waals surface area (Å²) >= 11 is 12.0. The molecule has 0 radical (unpaired) electrons. The number of para-hydroxylation sites is 1. The highest BCUT2D eigenvalue weighted by Gasteiger charge is 2.33. The number of hydrogen-bond acceptors (Lipinski definition) is 3.